The molecule has 1 fully saturated rings. The van der Waals surface area contributed by atoms with Crippen LogP contribution in [0.4, 0.5) is 18.9 Å². The third kappa shape index (κ3) is 4.95. The van der Waals surface area contributed by atoms with E-state index >= 15 is 0 Å². The lowest BCUT2D eigenvalue weighted by atomic mass is 9.96. The van der Waals surface area contributed by atoms with Gasteiger partial charge in [-0.25, -0.2) is 0 Å². The summed E-state index contributed by atoms with van der Waals surface area (Å²) in [5.74, 6) is -0.302. The molecule has 0 radical (unpaired) electrons. The van der Waals surface area contributed by atoms with Crippen molar-refractivity contribution in [3.63, 3.8) is 0 Å². The first-order valence-corrected chi connectivity index (χ1v) is 8.38. The molecule has 1 aliphatic rings. The highest BCUT2D eigenvalue weighted by Gasteiger charge is 2.31. The first kappa shape index (κ1) is 19.1. The normalized spacial score (nSPS) is 16.7. The Kier molecular flexibility index (Phi) is 5.62. The molecule has 6 nitrogen and oxygen atoms in total. The molecule has 3 rings (SSSR count). The number of nitro groups is 1. The van der Waals surface area contributed by atoms with Crippen molar-refractivity contribution in [2.45, 2.75) is 12.4 Å². The fourth-order valence-corrected chi connectivity index (χ4v) is 3.21. The minimum Gasteiger partial charge on any atom is -0.406 e. The number of halogens is 3. The van der Waals surface area contributed by atoms with Crippen LogP contribution in [0.3, 0.4) is 0 Å². The maximum atomic E-state index is 12.4. The number of nitrogens with zero attached hydrogens (tertiary/aromatic N) is 2. The fourth-order valence-electron chi connectivity index (χ4n) is 3.21. The van der Waals surface area contributed by atoms with Gasteiger partial charge >= 0.3 is 6.36 Å². The minimum absolute atomic E-state index is 0.0235. The van der Waals surface area contributed by atoms with E-state index in [1.54, 1.807) is 24.3 Å². The highest BCUT2D eigenvalue weighted by Crippen LogP contribution is 2.32. The minimum atomic E-state index is -4.75. The first-order valence-electron chi connectivity index (χ1n) is 8.38. The second-order valence-corrected chi connectivity index (χ2v) is 6.16. The van der Waals surface area contributed by atoms with Crippen molar-refractivity contribution in [1.29, 1.82) is 0 Å². The molecular weight excluding hydrogens is 363 g/mol. The second kappa shape index (κ2) is 7.93. The molecule has 27 heavy (non-hydrogen) atoms. The Balaban J connectivity index is 1.95. The van der Waals surface area contributed by atoms with Gasteiger partial charge in [0.15, 0.2) is 0 Å². The van der Waals surface area contributed by atoms with Gasteiger partial charge in [0, 0.05) is 38.3 Å². The number of rotatable bonds is 5. The number of nitro benzene ring substituents is 1. The summed E-state index contributed by atoms with van der Waals surface area (Å²) in [7, 11) is 0. The van der Waals surface area contributed by atoms with E-state index < -0.39 is 11.3 Å². The van der Waals surface area contributed by atoms with E-state index in [9.17, 15) is 23.3 Å². The van der Waals surface area contributed by atoms with Crippen LogP contribution >= 0.6 is 0 Å². The topological polar surface area (TPSA) is 67.6 Å². The van der Waals surface area contributed by atoms with E-state index in [2.05, 4.69) is 15.0 Å². The number of hydrogen-bond donors (Lipinski definition) is 1. The largest absolute Gasteiger partial charge is 0.573 e. The van der Waals surface area contributed by atoms with Gasteiger partial charge in [-0.1, -0.05) is 24.3 Å². The Hall–Kier alpha value is -2.65. The Labute approximate surface area is 153 Å². The van der Waals surface area contributed by atoms with Gasteiger partial charge < -0.3 is 10.1 Å². The molecule has 0 amide bonds. The quantitative estimate of drug-likeness (QED) is 0.634. The highest BCUT2D eigenvalue weighted by atomic mass is 19.4. The molecule has 0 aromatic heterocycles. The van der Waals surface area contributed by atoms with Crippen molar-refractivity contribution in [3.05, 3.63) is 69.8 Å². The zero-order valence-corrected chi connectivity index (χ0v) is 14.3. The predicted octanol–water partition coefficient (Wildman–Crippen LogP) is 3.49. The summed E-state index contributed by atoms with van der Waals surface area (Å²) >= 11 is 0. The molecule has 2 aromatic carbocycles. The summed E-state index contributed by atoms with van der Waals surface area (Å²) in [4.78, 5) is 12.8. The third-order valence-electron chi connectivity index (χ3n) is 4.34. The Morgan fingerprint density at radius 2 is 1.74 bits per heavy atom. The summed E-state index contributed by atoms with van der Waals surface area (Å²) in [6.07, 6.45) is -4.75. The first-order chi connectivity index (χ1) is 12.8. The molecule has 1 atom stereocenters. The summed E-state index contributed by atoms with van der Waals surface area (Å²) in [6, 6.07) is 11.7. The summed E-state index contributed by atoms with van der Waals surface area (Å²) in [6.45, 7) is 2.96. The van der Waals surface area contributed by atoms with E-state index in [0.29, 0.717) is 13.1 Å². The number of alkyl halides is 3. The van der Waals surface area contributed by atoms with Gasteiger partial charge in [0.05, 0.1) is 11.0 Å². The number of non-ortho nitro benzene ring substituents is 1. The Morgan fingerprint density at radius 3 is 2.33 bits per heavy atom. The van der Waals surface area contributed by atoms with Crippen LogP contribution in [0.25, 0.3) is 0 Å². The van der Waals surface area contributed by atoms with E-state index in [1.165, 1.54) is 24.3 Å². The molecule has 0 saturated carbocycles. The van der Waals surface area contributed by atoms with E-state index in [4.69, 9.17) is 0 Å². The van der Waals surface area contributed by atoms with Crippen LogP contribution in [0.2, 0.25) is 0 Å². The van der Waals surface area contributed by atoms with Gasteiger partial charge in [-0.2, -0.15) is 0 Å². The van der Waals surface area contributed by atoms with E-state index in [0.717, 1.165) is 24.2 Å². The van der Waals surface area contributed by atoms with E-state index in [-0.39, 0.29) is 17.5 Å². The Bertz CT molecular complexity index is 790. The van der Waals surface area contributed by atoms with Gasteiger partial charge in [0.2, 0.25) is 0 Å². The summed E-state index contributed by atoms with van der Waals surface area (Å²) in [5.41, 5.74) is 1.44. The monoisotopic (exact) mass is 381 g/mol. The zero-order chi connectivity index (χ0) is 19.4. The molecule has 1 saturated heterocycles. The molecular formula is C18H18F3N3O3. The average Bonchev–Trinajstić information content (AvgIpc) is 2.63. The molecule has 0 spiro atoms. The summed E-state index contributed by atoms with van der Waals surface area (Å²) in [5, 5.41) is 14.4. The van der Waals surface area contributed by atoms with Crippen LogP contribution in [-0.4, -0.2) is 42.4 Å². The van der Waals surface area contributed by atoms with Gasteiger partial charge in [-0.3, -0.25) is 15.0 Å². The third-order valence-corrected chi connectivity index (χ3v) is 4.34. The van der Waals surface area contributed by atoms with Crippen LogP contribution in [0.1, 0.15) is 17.2 Å². The SMILES string of the molecule is O=[N+]([O-])c1cccc([C@H](c2ccc(OC(F)(F)F)cc2)N2CCNCC2)c1. The number of benzene rings is 2. The average molecular weight is 381 g/mol. The molecule has 144 valence electrons. The number of nitrogens with one attached hydrogen (secondary N) is 1. The molecule has 0 bridgehead atoms. The maximum Gasteiger partial charge on any atom is 0.573 e. The van der Waals surface area contributed by atoms with Crippen LogP contribution in [0, 0.1) is 10.1 Å². The lowest BCUT2D eigenvalue weighted by Gasteiger charge is -2.35. The van der Waals surface area contributed by atoms with Crippen molar-refractivity contribution >= 4 is 5.69 Å². The number of hydrogen-bond acceptors (Lipinski definition) is 5. The summed E-state index contributed by atoms with van der Waals surface area (Å²) < 4.78 is 41.1. The van der Waals surface area contributed by atoms with Crippen molar-refractivity contribution < 1.29 is 22.8 Å². The standard InChI is InChI=1S/C18H18F3N3O3/c19-18(20,21)27-16-6-4-13(5-7-16)17(23-10-8-22-9-11-23)14-2-1-3-15(12-14)24(25)26/h1-7,12,17,22H,8-11H2/t17-/m0/s1. The van der Waals surface area contributed by atoms with Crippen LogP contribution in [-0.2, 0) is 0 Å². The highest BCUT2D eigenvalue weighted by molar-refractivity contribution is 5.41. The molecule has 1 N–H and O–H groups in total. The fraction of sp³-hybridized carbons (Fsp3) is 0.333. The van der Waals surface area contributed by atoms with Gasteiger partial charge in [0.1, 0.15) is 5.75 Å². The van der Waals surface area contributed by atoms with Crippen LogP contribution < -0.4 is 10.1 Å². The Morgan fingerprint density at radius 1 is 1.07 bits per heavy atom. The van der Waals surface area contributed by atoms with Crippen molar-refractivity contribution in [2.24, 2.45) is 0 Å². The van der Waals surface area contributed by atoms with Gasteiger partial charge in [-0.15, -0.1) is 13.2 Å². The number of ether oxygens (including phenoxy) is 1. The van der Waals surface area contributed by atoms with Crippen LogP contribution in [0.5, 0.6) is 5.75 Å². The van der Waals surface area contributed by atoms with Gasteiger partial charge in [-0.05, 0) is 23.3 Å². The molecule has 0 unspecified atom stereocenters. The zero-order valence-electron chi connectivity index (χ0n) is 14.3. The smallest absolute Gasteiger partial charge is 0.406 e. The van der Waals surface area contributed by atoms with Gasteiger partial charge in [0.25, 0.3) is 5.69 Å². The second-order valence-electron chi connectivity index (χ2n) is 6.16. The lowest BCUT2D eigenvalue weighted by Crippen LogP contribution is -2.45. The van der Waals surface area contributed by atoms with Crippen molar-refractivity contribution in [2.75, 3.05) is 26.2 Å². The van der Waals surface area contributed by atoms with Crippen molar-refractivity contribution in [1.82, 2.24) is 10.2 Å². The van der Waals surface area contributed by atoms with Crippen molar-refractivity contribution in [3.8, 4) is 5.75 Å². The predicted molar refractivity (Wildman–Crippen MR) is 92.5 cm³/mol. The molecule has 1 heterocycles. The lowest BCUT2D eigenvalue weighted by molar-refractivity contribution is -0.384. The maximum absolute atomic E-state index is 12.4. The molecule has 0 aliphatic carbocycles. The number of piperazine rings is 1. The molecule has 1 aliphatic heterocycles. The van der Waals surface area contributed by atoms with E-state index in [1.807, 2.05) is 0 Å². The molecule has 2 aromatic rings. The van der Waals surface area contributed by atoms with Crippen LogP contribution in [0.15, 0.2) is 48.5 Å². The molecule has 9 heteroatoms.